The van der Waals surface area contributed by atoms with E-state index in [1.165, 1.54) is 0 Å². The van der Waals surface area contributed by atoms with Crippen LogP contribution in [-0.2, 0) is 4.74 Å². The number of aliphatic hydroxyl groups excluding tert-OH is 1. The summed E-state index contributed by atoms with van der Waals surface area (Å²) in [6.07, 6.45) is 0.689. The average Bonchev–Trinajstić information content (AvgIpc) is 1.88. The molecule has 0 amide bonds. The average molecular weight is 145 g/mol. The summed E-state index contributed by atoms with van der Waals surface area (Å²) in [5.74, 6) is 0. The second-order valence-electron chi connectivity index (χ2n) is 2.89. The number of hydrogen-bond acceptors (Lipinski definition) is 3. The smallest absolute Gasteiger partial charge is 0.0928 e. The van der Waals surface area contributed by atoms with E-state index in [2.05, 4.69) is 4.90 Å². The molecular formula is C7H15NO2. The van der Waals surface area contributed by atoms with Gasteiger partial charge in [-0.1, -0.05) is 0 Å². The van der Waals surface area contributed by atoms with E-state index >= 15 is 0 Å². The number of β-amino-alcohol motifs (C(OH)–C–C–N with tert-alkyl or cyclic N) is 1. The molecule has 1 N–H and O–H groups in total. The summed E-state index contributed by atoms with van der Waals surface area (Å²) in [7, 11) is 3.66. The fourth-order valence-electron chi connectivity index (χ4n) is 1.34. The highest BCUT2D eigenvalue weighted by Crippen LogP contribution is 2.11. The Balaban J connectivity index is 2.36. The van der Waals surface area contributed by atoms with E-state index in [0.717, 1.165) is 19.5 Å². The van der Waals surface area contributed by atoms with Crippen LogP contribution in [0.5, 0.6) is 0 Å². The lowest BCUT2D eigenvalue weighted by molar-refractivity contribution is -0.0546. The molecular weight excluding hydrogens is 130 g/mol. The van der Waals surface area contributed by atoms with Gasteiger partial charge < -0.3 is 14.7 Å². The van der Waals surface area contributed by atoms with E-state index in [-0.39, 0.29) is 12.2 Å². The maximum Gasteiger partial charge on any atom is 0.0928 e. The van der Waals surface area contributed by atoms with Gasteiger partial charge in [0.2, 0.25) is 0 Å². The molecule has 1 saturated heterocycles. The molecule has 1 aliphatic rings. The van der Waals surface area contributed by atoms with Gasteiger partial charge in [0.25, 0.3) is 0 Å². The van der Waals surface area contributed by atoms with Gasteiger partial charge in [-0.15, -0.1) is 0 Å². The molecule has 1 rings (SSSR count). The van der Waals surface area contributed by atoms with Gasteiger partial charge in [-0.05, 0) is 13.5 Å². The lowest BCUT2D eigenvalue weighted by Gasteiger charge is -2.32. The Kier molecular flexibility index (Phi) is 2.65. The molecule has 3 heteroatoms. The molecule has 1 aliphatic heterocycles. The van der Waals surface area contributed by atoms with Crippen molar-refractivity contribution >= 4 is 0 Å². The molecule has 60 valence electrons. The summed E-state index contributed by atoms with van der Waals surface area (Å²) in [6, 6.07) is 0. The van der Waals surface area contributed by atoms with E-state index in [1.54, 1.807) is 7.11 Å². The quantitative estimate of drug-likeness (QED) is 0.550. The molecule has 0 unspecified atom stereocenters. The number of rotatable bonds is 1. The Hall–Kier alpha value is -0.120. The van der Waals surface area contributed by atoms with Gasteiger partial charge in [-0.3, -0.25) is 0 Å². The molecule has 0 radical (unpaired) electrons. The lowest BCUT2D eigenvalue weighted by Crippen LogP contribution is -2.45. The second-order valence-corrected chi connectivity index (χ2v) is 2.89. The Bertz CT molecular complexity index is 108. The predicted octanol–water partition coefficient (Wildman–Crippen LogP) is -0.302. The Morgan fingerprint density at radius 2 is 2.30 bits per heavy atom. The number of likely N-dealkylation sites (tertiary alicyclic amines) is 1. The predicted molar refractivity (Wildman–Crippen MR) is 38.9 cm³/mol. The molecule has 2 atom stereocenters. The molecule has 10 heavy (non-hydrogen) atoms. The van der Waals surface area contributed by atoms with Crippen LogP contribution in [-0.4, -0.2) is 49.5 Å². The van der Waals surface area contributed by atoms with Crippen LogP contribution in [0.15, 0.2) is 0 Å². The molecule has 0 aliphatic carbocycles. The SMILES string of the molecule is CO[C@H]1CCN(C)C[C@@H]1O. The number of methoxy groups -OCH3 is 1. The zero-order chi connectivity index (χ0) is 7.56. The first-order valence-corrected chi connectivity index (χ1v) is 3.63. The summed E-state index contributed by atoms with van der Waals surface area (Å²) in [4.78, 5) is 2.11. The van der Waals surface area contributed by atoms with Crippen LogP contribution in [0.25, 0.3) is 0 Å². The number of aliphatic hydroxyl groups is 1. The highest BCUT2D eigenvalue weighted by atomic mass is 16.5. The minimum Gasteiger partial charge on any atom is -0.389 e. The molecule has 0 aromatic carbocycles. The van der Waals surface area contributed by atoms with Crippen molar-refractivity contribution in [3.8, 4) is 0 Å². The van der Waals surface area contributed by atoms with E-state index in [0.29, 0.717) is 0 Å². The van der Waals surface area contributed by atoms with Crippen molar-refractivity contribution in [3.05, 3.63) is 0 Å². The maximum atomic E-state index is 9.37. The van der Waals surface area contributed by atoms with Crippen LogP contribution < -0.4 is 0 Å². The van der Waals surface area contributed by atoms with Gasteiger partial charge >= 0.3 is 0 Å². The molecule has 3 nitrogen and oxygen atoms in total. The molecule has 1 heterocycles. The minimum absolute atomic E-state index is 0.0520. The highest BCUT2D eigenvalue weighted by Gasteiger charge is 2.24. The Labute approximate surface area is 61.6 Å². The summed E-state index contributed by atoms with van der Waals surface area (Å²) < 4.78 is 5.08. The van der Waals surface area contributed by atoms with Gasteiger partial charge in [-0.2, -0.15) is 0 Å². The zero-order valence-electron chi connectivity index (χ0n) is 6.58. The third kappa shape index (κ3) is 1.68. The molecule has 1 fully saturated rings. The number of likely N-dealkylation sites (N-methyl/N-ethyl adjacent to an activating group) is 1. The van der Waals surface area contributed by atoms with Crippen LogP contribution in [0, 0.1) is 0 Å². The highest BCUT2D eigenvalue weighted by molar-refractivity contribution is 4.78. The third-order valence-corrected chi connectivity index (χ3v) is 2.03. The largest absolute Gasteiger partial charge is 0.389 e. The van der Waals surface area contributed by atoms with Crippen LogP contribution in [0.4, 0.5) is 0 Å². The monoisotopic (exact) mass is 145 g/mol. The van der Waals surface area contributed by atoms with E-state index in [4.69, 9.17) is 4.74 Å². The first kappa shape index (κ1) is 7.98. The first-order chi connectivity index (χ1) is 4.74. The summed E-state index contributed by atoms with van der Waals surface area (Å²) in [6.45, 7) is 1.76. The molecule has 0 spiro atoms. The van der Waals surface area contributed by atoms with Crippen molar-refractivity contribution in [1.29, 1.82) is 0 Å². The fourth-order valence-corrected chi connectivity index (χ4v) is 1.34. The molecule has 0 aromatic rings. The van der Waals surface area contributed by atoms with E-state index in [9.17, 15) is 5.11 Å². The number of hydrogen-bond donors (Lipinski definition) is 1. The molecule has 0 aromatic heterocycles. The Morgan fingerprint density at radius 1 is 1.60 bits per heavy atom. The first-order valence-electron chi connectivity index (χ1n) is 3.63. The van der Waals surface area contributed by atoms with Gasteiger partial charge in [-0.25, -0.2) is 0 Å². The van der Waals surface area contributed by atoms with Crippen molar-refractivity contribution in [2.75, 3.05) is 27.2 Å². The fraction of sp³-hybridized carbons (Fsp3) is 1.00. The van der Waals surface area contributed by atoms with Crippen LogP contribution in [0.2, 0.25) is 0 Å². The summed E-state index contributed by atoms with van der Waals surface area (Å²) in [5, 5.41) is 9.37. The Morgan fingerprint density at radius 3 is 2.80 bits per heavy atom. The maximum absolute atomic E-state index is 9.37. The van der Waals surface area contributed by atoms with Crippen molar-refractivity contribution in [3.63, 3.8) is 0 Å². The van der Waals surface area contributed by atoms with E-state index in [1.807, 2.05) is 7.05 Å². The van der Waals surface area contributed by atoms with Gasteiger partial charge in [0.1, 0.15) is 0 Å². The third-order valence-electron chi connectivity index (χ3n) is 2.03. The summed E-state index contributed by atoms with van der Waals surface area (Å²) in [5.41, 5.74) is 0. The van der Waals surface area contributed by atoms with Crippen molar-refractivity contribution in [2.45, 2.75) is 18.6 Å². The number of ether oxygens (including phenoxy) is 1. The van der Waals surface area contributed by atoms with Crippen LogP contribution >= 0.6 is 0 Å². The van der Waals surface area contributed by atoms with Crippen LogP contribution in [0.3, 0.4) is 0 Å². The number of piperidine rings is 1. The van der Waals surface area contributed by atoms with Crippen LogP contribution in [0.1, 0.15) is 6.42 Å². The minimum atomic E-state index is -0.302. The normalized spacial score (nSPS) is 36.3. The number of nitrogens with zero attached hydrogens (tertiary/aromatic N) is 1. The standard InChI is InChI=1S/C7H15NO2/c1-8-4-3-7(10-2)6(9)5-8/h6-7,9H,3-5H2,1-2H3/t6-,7-/m0/s1. The molecule has 0 bridgehead atoms. The summed E-state index contributed by atoms with van der Waals surface area (Å²) >= 11 is 0. The van der Waals surface area contributed by atoms with Crippen molar-refractivity contribution < 1.29 is 9.84 Å². The van der Waals surface area contributed by atoms with Crippen molar-refractivity contribution in [1.82, 2.24) is 4.90 Å². The lowest BCUT2D eigenvalue weighted by atomic mass is 10.1. The van der Waals surface area contributed by atoms with E-state index < -0.39 is 0 Å². The van der Waals surface area contributed by atoms with Gasteiger partial charge in [0.05, 0.1) is 12.2 Å². The van der Waals surface area contributed by atoms with Crippen molar-refractivity contribution in [2.24, 2.45) is 0 Å². The molecule has 0 saturated carbocycles. The van der Waals surface area contributed by atoms with Gasteiger partial charge in [0, 0.05) is 20.2 Å². The van der Waals surface area contributed by atoms with Gasteiger partial charge in [0.15, 0.2) is 0 Å². The zero-order valence-corrected chi connectivity index (χ0v) is 6.58. The second kappa shape index (κ2) is 3.32. The topological polar surface area (TPSA) is 32.7 Å².